The van der Waals surface area contributed by atoms with Gasteiger partial charge in [0.25, 0.3) is 0 Å². The molecule has 138 valence electrons. The third-order valence-corrected chi connectivity index (χ3v) is 5.58. The summed E-state index contributed by atoms with van der Waals surface area (Å²) in [7, 11) is 0. The van der Waals surface area contributed by atoms with Crippen LogP contribution in [-0.4, -0.2) is 57.1 Å². The first-order valence-corrected chi connectivity index (χ1v) is 9.53. The van der Waals surface area contributed by atoms with E-state index in [0.29, 0.717) is 6.42 Å². The highest BCUT2D eigenvalue weighted by Crippen LogP contribution is 2.25. The molecule has 0 N–H and O–H groups in total. The summed E-state index contributed by atoms with van der Waals surface area (Å²) in [6.07, 6.45) is 5.64. The molecule has 2 atom stereocenters. The molecular formula is C19H30N4O2. The first kappa shape index (κ1) is 18.0. The van der Waals surface area contributed by atoms with E-state index in [4.69, 9.17) is 0 Å². The molecule has 6 nitrogen and oxygen atoms in total. The van der Waals surface area contributed by atoms with Crippen LogP contribution in [0, 0.1) is 13.8 Å². The van der Waals surface area contributed by atoms with E-state index >= 15 is 0 Å². The Bertz CT molecular complexity index is 639. The van der Waals surface area contributed by atoms with Crippen LogP contribution in [0.15, 0.2) is 6.07 Å². The summed E-state index contributed by atoms with van der Waals surface area (Å²) in [6.45, 7) is 8.04. The molecule has 25 heavy (non-hydrogen) atoms. The Hall–Kier alpha value is -1.85. The predicted molar refractivity (Wildman–Crippen MR) is 96.2 cm³/mol. The maximum atomic E-state index is 12.9. The van der Waals surface area contributed by atoms with Crippen LogP contribution in [0.25, 0.3) is 0 Å². The Morgan fingerprint density at radius 2 is 1.96 bits per heavy atom. The number of nitrogens with zero attached hydrogens (tertiary/aromatic N) is 4. The van der Waals surface area contributed by atoms with Crippen LogP contribution in [0.1, 0.15) is 62.9 Å². The smallest absolute Gasteiger partial charge is 0.224 e. The van der Waals surface area contributed by atoms with Crippen LogP contribution in [-0.2, 0) is 9.59 Å². The second-order valence-electron chi connectivity index (χ2n) is 7.57. The molecule has 2 amide bonds. The van der Waals surface area contributed by atoms with E-state index in [1.165, 1.54) is 0 Å². The zero-order valence-electron chi connectivity index (χ0n) is 15.7. The minimum Gasteiger partial charge on any atom is -0.340 e. The number of likely N-dealkylation sites (tertiary alicyclic amines) is 2. The number of hydrogen-bond acceptors (Lipinski definition) is 3. The molecule has 2 aliphatic heterocycles. The van der Waals surface area contributed by atoms with E-state index in [-0.39, 0.29) is 23.9 Å². The lowest BCUT2D eigenvalue weighted by Crippen LogP contribution is -2.47. The van der Waals surface area contributed by atoms with Crippen molar-refractivity contribution in [3.8, 4) is 0 Å². The summed E-state index contributed by atoms with van der Waals surface area (Å²) >= 11 is 0. The van der Waals surface area contributed by atoms with Crippen molar-refractivity contribution in [2.24, 2.45) is 0 Å². The molecule has 2 unspecified atom stereocenters. The van der Waals surface area contributed by atoms with Gasteiger partial charge in [-0.05, 0) is 52.0 Å². The summed E-state index contributed by atoms with van der Waals surface area (Å²) < 4.78 is 2.08. The first-order valence-electron chi connectivity index (χ1n) is 9.53. The van der Waals surface area contributed by atoms with Gasteiger partial charge in [0.15, 0.2) is 0 Å². The first-order chi connectivity index (χ1) is 12.0. The molecule has 1 aromatic heterocycles. The van der Waals surface area contributed by atoms with Gasteiger partial charge in [-0.3, -0.25) is 14.3 Å². The van der Waals surface area contributed by atoms with Crippen molar-refractivity contribution in [3.05, 3.63) is 17.5 Å². The second-order valence-corrected chi connectivity index (χ2v) is 7.57. The number of amides is 2. The van der Waals surface area contributed by atoms with Crippen molar-refractivity contribution < 1.29 is 9.59 Å². The normalized spacial score (nSPS) is 24.4. The Morgan fingerprint density at radius 1 is 1.16 bits per heavy atom. The summed E-state index contributed by atoms with van der Waals surface area (Å²) in [4.78, 5) is 28.6. The lowest BCUT2D eigenvalue weighted by atomic mass is 9.97. The summed E-state index contributed by atoms with van der Waals surface area (Å²) in [5.74, 6) is 0.279. The largest absolute Gasteiger partial charge is 0.340 e. The predicted octanol–water partition coefficient (Wildman–Crippen LogP) is 2.45. The minimum absolute atomic E-state index is 0.0767. The van der Waals surface area contributed by atoms with Gasteiger partial charge in [-0.25, -0.2) is 0 Å². The molecule has 0 aromatic carbocycles. The van der Waals surface area contributed by atoms with Gasteiger partial charge in [0, 0.05) is 44.7 Å². The number of carbonyl (C=O) groups excluding carboxylic acids is 2. The van der Waals surface area contributed by atoms with E-state index < -0.39 is 0 Å². The Morgan fingerprint density at radius 3 is 2.64 bits per heavy atom. The van der Waals surface area contributed by atoms with Gasteiger partial charge in [0.05, 0.1) is 11.7 Å². The topological polar surface area (TPSA) is 58.4 Å². The van der Waals surface area contributed by atoms with Crippen molar-refractivity contribution in [1.29, 1.82) is 0 Å². The highest BCUT2D eigenvalue weighted by atomic mass is 16.2. The average molecular weight is 346 g/mol. The number of rotatable bonds is 3. The second kappa shape index (κ2) is 7.58. The molecule has 3 rings (SSSR count). The zero-order valence-corrected chi connectivity index (χ0v) is 15.7. The van der Waals surface area contributed by atoms with Crippen molar-refractivity contribution in [3.63, 3.8) is 0 Å². The molecule has 2 saturated heterocycles. The van der Waals surface area contributed by atoms with Crippen LogP contribution >= 0.6 is 0 Å². The molecule has 0 radical (unpaired) electrons. The third kappa shape index (κ3) is 4.05. The highest BCUT2D eigenvalue weighted by molar-refractivity contribution is 5.79. The standard InChI is InChI=1S/C19H30N4O2/c1-14-11-15(2)23(20-14)18-8-6-9-21(13-18)19(25)12-17-7-4-5-10-22(17)16(3)24/h11,17-18H,4-10,12-13H2,1-3H3. The maximum absolute atomic E-state index is 12.9. The van der Waals surface area contributed by atoms with Crippen molar-refractivity contribution in [2.45, 2.75) is 71.4 Å². The number of piperidine rings is 2. The lowest BCUT2D eigenvalue weighted by Gasteiger charge is -2.38. The molecule has 0 aliphatic carbocycles. The van der Waals surface area contributed by atoms with Gasteiger partial charge >= 0.3 is 0 Å². The Balaban J connectivity index is 1.63. The SMILES string of the molecule is CC(=O)N1CCCCC1CC(=O)N1CCCC(n2nc(C)cc2C)C1. The number of aryl methyl sites for hydroxylation is 2. The number of aromatic nitrogens is 2. The van der Waals surface area contributed by atoms with Gasteiger partial charge in [-0.2, -0.15) is 5.10 Å². The van der Waals surface area contributed by atoms with Gasteiger partial charge in [-0.1, -0.05) is 0 Å². The van der Waals surface area contributed by atoms with Crippen LogP contribution in [0.5, 0.6) is 0 Å². The molecule has 2 aliphatic rings. The highest BCUT2D eigenvalue weighted by Gasteiger charge is 2.31. The average Bonchev–Trinajstić information content (AvgIpc) is 2.93. The molecule has 0 spiro atoms. The van der Waals surface area contributed by atoms with Crippen LogP contribution in [0.3, 0.4) is 0 Å². The third-order valence-electron chi connectivity index (χ3n) is 5.58. The summed E-state index contributed by atoms with van der Waals surface area (Å²) in [5.41, 5.74) is 2.19. The summed E-state index contributed by atoms with van der Waals surface area (Å²) in [5, 5.41) is 4.60. The number of carbonyl (C=O) groups is 2. The van der Waals surface area contributed by atoms with Crippen LogP contribution in [0.4, 0.5) is 0 Å². The monoisotopic (exact) mass is 346 g/mol. The molecular weight excluding hydrogens is 316 g/mol. The minimum atomic E-state index is 0.0767. The zero-order chi connectivity index (χ0) is 18.0. The van der Waals surface area contributed by atoms with E-state index in [9.17, 15) is 9.59 Å². The Labute approximate surface area is 150 Å². The van der Waals surface area contributed by atoms with Crippen molar-refractivity contribution >= 4 is 11.8 Å². The fraction of sp³-hybridized carbons (Fsp3) is 0.737. The van der Waals surface area contributed by atoms with E-state index in [2.05, 4.69) is 22.8 Å². The van der Waals surface area contributed by atoms with E-state index in [1.807, 2.05) is 16.7 Å². The molecule has 6 heteroatoms. The quantitative estimate of drug-likeness (QED) is 0.845. The van der Waals surface area contributed by atoms with E-state index in [1.54, 1.807) is 6.92 Å². The van der Waals surface area contributed by atoms with Crippen molar-refractivity contribution in [1.82, 2.24) is 19.6 Å². The fourth-order valence-corrected chi connectivity index (χ4v) is 4.35. The van der Waals surface area contributed by atoms with E-state index in [0.717, 1.165) is 63.1 Å². The maximum Gasteiger partial charge on any atom is 0.224 e. The van der Waals surface area contributed by atoms with Gasteiger partial charge in [-0.15, -0.1) is 0 Å². The molecule has 0 bridgehead atoms. The van der Waals surface area contributed by atoms with Crippen LogP contribution in [0.2, 0.25) is 0 Å². The van der Waals surface area contributed by atoms with Crippen molar-refractivity contribution in [2.75, 3.05) is 19.6 Å². The lowest BCUT2D eigenvalue weighted by molar-refractivity contribution is -0.138. The van der Waals surface area contributed by atoms with Gasteiger partial charge in [0.2, 0.25) is 11.8 Å². The summed E-state index contributed by atoms with van der Waals surface area (Å²) in [6, 6.07) is 2.43. The Kier molecular flexibility index (Phi) is 5.45. The van der Waals surface area contributed by atoms with Gasteiger partial charge in [0.1, 0.15) is 0 Å². The molecule has 2 fully saturated rings. The van der Waals surface area contributed by atoms with Gasteiger partial charge < -0.3 is 9.80 Å². The molecule has 3 heterocycles. The van der Waals surface area contributed by atoms with Crippen LogP contribution < -0.4 is 0 Å². The molecule has 0 saturated carbocycles. The number of hydrogen-bond donors (Lipinski definition) is 0. The fourth-order valence-electron chi connectivity index (χ4n) is 4.35. The molecule has 1 aromatic rings.